The van der Waals surface area contributed by atoms with Crippen LogP contribution in [-0.2, 0) is 14.8 Å². The molecule has 120 valence electrons. The number of benzene rings is 1. The number of carbonyl (C=O) groups excluding carboxylic acids is 1. The molecular formula is C15H14BrN3O3S. The lowest BCUT2D eigenvalue weighted by atomic mass is 10.2. The Morgan fingerprint density at radius 1 is 1.22 bits per heavy atom. The molecule has 2 heterocycles. The van der Waals surface area contributed by atoms with E-state index in [1.807, 2.05) is 18.2 Å². The predicted molar refractivity (Wildman–Crippen MR) is 87.8 cm³/mol. The molecule has 3 rings (SSSR count). The summed E-state index contributed by atoms with van der Waals surface area (Å²) in [6, 6.07) is 10.6. The minimum absolute atomic E-state index is 0.0518. The van der Waals surface area contributed by atoms with Gasteiger partial charge in [0.25, 0.3) is 0 Å². The van der Waals surface area contributed by atoms with Gasteiger partial charge in [-0.3, -0.25) is 9.78 Å². The summed E-state index contributed by atoms with van der Waals surface area (Å²) in [5.74, 6) is -0.245. The summed E-state index contributed by atoms with van der Waals surface area (Å²) in [7, 11) is -2.24. The smallest absolute Gasteiger partial charge is 0.247 e. The van der Waals surface area contributed by atoms with Crippen LogP contribution in [-0.4, -0.2) is 42.1 Å². The van der Waals surface area contributed by atoms with Gasteiger partial charge in [0, 0.05) is 23.9 Å². The predicted octanol–water partition coefficient (Wildman–Crippen LogP) is 2.01. The largest absolute Gasteiger partial charge is 0.324 e. The molecule has 8 heteroatoms. The number of likely N-dealkylation sites (N-methyl/N-ethyl adjacent to an activating group) is 1. The van der Waals surface area contributed by atoms with Crippen LogP contribution < -0.4 is 0 Å². The number of hydrogen-bond acceptors (Lipinski definition) is 4. The Kier molecular flexibility index (Phi) is 4.22. The SMILES string of the molecule is CN1C(=O)CN(S(=O)(=O)c2cncc(Br)c2)C1c1ccccc1. The van der Waals surface area contributed by atoms with E-state index in [1.54, 1.807) is 19.2 Å². The molecule has 0 saturated carbocycles. The van der Waals surface area contributed by atoms with E-state index in [0.29, 0.717) is 4.47 Å². The third-order valence-corrected chi connectivity index (χ3v) is 5.91. The number of nitrogens with zero attached hydrogens (tertiary/aromatic N) is 3. The van der Waals surface area contributed by atoms with Crippen LogP contribution in [0.4, 0.5) is 0 Å². The van der Waals surface area contributed by atoms with Gasteiger partial charge >= 0.3 is 0 Å². The lowest BCUT2D eigenvalue weighted by Crippen LogP contribution is -2.34. The molecule has 23 heavy (non-hydrogen) atoms. The van der Waals surface area contributed by atoms with Crippen molar-refractivity contribution in [2.24, 2.45) is 0 Å². The fraction of sp³-hybridized carbons (Fsp3) is 0.200. The molecule has 1 unspecified atom stereocenters. The second-order valence-electron chi connectivity index (χ2n) is 5.18. The normalized spacial score (nSPS) is 19.3. The summed E-state index contributed by atoms with van der Waals surface area (Å²) < 4.78 is 27.7. The number of amides is 1. The quantitative estimate of drug-likeness (QED) is 0.796. The zero-order valence-electron chi connectivity index (χ0n) is 12.3. The first-order valence-corrected chi connectivity index (χ1v) is 9.07. The molecular weight excluding hydrogens is 382 g/mol. The molecule has 0 N–H and O–H groups in total. The molecule has 1 aromatic carbocycles. The van der Waals surface area contributed by atoms with Crippen molar-refractivity contribution in [3.63, 3.8) is 0 Å². The molecule has 6 nitrogen and oxygen atoms in total. The Morgan fingerprint density at radius 2 is 1.91 bits per heavy atom. The second-order valence-corrected chi connectivity index (χ2v) is 7.98. The first-order chi connectivity index (χ1) is 10.9. The Bertz CT molecular complexity index is 842. The molecule has 0 radical (unpaired) electrons. The van der Waals surface area contributed by atoms with E-state index in [0.717, 1.165) is 5.56 Å². The summed E-state index contributed by atoms with van der Waals surface area (Å²) in [6.45, 7) is -0.190. The Balaban J connectivity index is 2.08. The fourth-order valence-electron chi connectivity index (χ4n) is 2.56. The van der Waals surface area contributed by atoms with Crippen molar-refractivity contribution >= 4 is 31.9 Å². The van der Waals surface area contributed by atoms with Crippen molar-refractivity contribution in [1.29, 1.82) is 0 Å². The molecule has 0 spiro atoms. The maximum atomic E-state index is 12.9. The average Bonchev–Trinajstić information content (AvgIpc) is 2.84. The monoisotopic (exact) mass is 395 g/mol. The maximum Gasteiger partial charge on any atom is 0.247 e. The van der Waals surface area contributed by atoms with Crippen molar-refractivity contribution in [2.45, 2.75) is 11.1 Å². The van der Waals surface area contributed by atoms with Crippen LogP contribution >= 0.6 is 15.9 Å². The van der Waals surface area contributed by atoms with Crippen LogP contribution in [0.3, 0.4) is 0 Å². The molecule has 1 aromatic heterocycles. The zero-order valence-corrected chi connectivity index (χ0v) is 14.7. The average molecular weight is 396 g/mol. The van der Waals surface area contributed by atoms with E-state index in [9.17, 15) is 13.2 Å². The number of halogens is 1. The fourth-order valence-corrected chi connectivity index (χ4v) is 4.62. The molecule has 0 bridgehead atoms. The second kappa shape index (κ2) is 6.03. The van der Waals surface area contributed by atoms with Gasteiger partial charge in [-0.15, -0.1) is 0 Å². The first-order valence-electron chi connectivity index (χ1n) is 6.84. The summed E-state index contributed by atoms with van der Waals surface area (Å²) in [5.41, 5.74) is 0.743. The number of hydrogen-bond donors (Lipinski definition) is 0. The minimum atomic E-state index is -3.85. The van der Waals surface area contributed by atoms with Gasteiger partial charge in [-0.25, -0.2) is 8.42 Å². The van der Waals surface area contributed by atoms with E-state index in [2.05, 4.69) is 20.9 Å². The Hall–Kier alpha value is -1.77. The van der Waals surface area contributed by atoms with E-state index in [1.165, 1.54) is 27.7 Å². The van der Waals surface area contributed by atoms with Gasteiger partial charge in [-0.05, 0) is 27.6 Å². The highest BCUT2D eigenvalue weighted by Crippen LogP contribution is 2.34. The lowest BCUT2D eigenvalue weighted by Gasteiger charge is -2.27. The highest BCUT2D eigenvalue weighted by molar-refractivity contribution is 9.10. The number of aromatic nitrogens is 1. The van der Waals surface area contributed by atoms with Crippen LogP contribution in [0, 0.1) is 0 Å². The first kappa shape index (κ1) is 16.1. The Morgan fingerprint density at radius 3 is 2.57 bits per heavy atom. The molecule has 1 aliphatic heterocycles. The van der Waals surface area contributed by atoms with Crippen molar-refractivity contribution < 1.29 is 13.2 Å². The van der Waals surface area contributed by atoms with Crippen molar-refractivity contribution in [3.8, 4) is 0 Å². The van der Waals surface area contributed by atoms with Crippen molar-refractivity contribution in [3.05, 3.63) is 58.8 Å². The molecule has 0 aliphatic carbocycles. The van der Waals surface area contributed by atoms with E-state index >= 15 is 0 Å². The third-order valence-electron chi connectivity index (χ3n) is 3.71. The summed E-state index contributed by atoms with van der Waals surface area (Å²) >= 11 is 3.22. The molecule has 1 saturated heterocycles. The molecule has 1 amide bonds. The zero-order chi connectivity index (χ0) is 16.6. The van der Waals surface area contributed by atoms with Gasteiger partial charge in [0.2, 0.25) is 15.9 Å². The third kappa shape index (κ3) is 2.89. The minimum Gasteiger partial charge on any atom is -0.324 e. The van der Waals surface area contributed by atoms with Gasteiger partial charge in [-0.2, -0.15) is 4.31 Å². The standard InChI is InChI=1S/C15H14BrN3O3S/c1-18-14(20)10-19(15(18)11-5-3-2-4-6-11)23(21,22)13-7-12(16)8-17-9-13/h2-9,15H,10H2,1H3. The van der Waals surface area contributed by atoms with Gasteiger partial charge < -0.3 is 4.90 Å². The van der Waals surface area contributed by atoms with Gasteiger partial charge in [0.15, 0.2) is 0 Å². The van der Waals surface area contributed by atoms with Crippen LogP contribution in [0.2, 0.25) is 0 Å². The van der Waals surface area contributed by atoms with Gasteiger partial charge in [-0.1, -0.05) is 30.3 Å². The van der Waals surface area contributed by atoms with E-state index < -0.39 is 16.2 Å². The summed E-state index contributed by atoms with van der Waals surface area (Å²) in [6.07, 6.45) is 2.13. The van der Waals surface area contributed by atoms with Crippen LogP contribution in [0.15, 0.2) is 58.2 Å². The van der Waals surface area contributed by atoms with Crippen molar-refractivity contribution in [1.82, 2.24) is 14.2 Å². The topological polar surface area (TPSA) is 70.6 Å². The summed E-state index contributed by atoms with van der Waals surface area (Å²) in [4.78, 5) is 17.5. The van der Waals surface area contributed by atoms with Crippen LogP contribution in [0.25, 0.3) is 0 Å². The lowest BCUT2D eigenvalue weighted by molar-refractivity contribution is -0.126. The van der Waals surface area contributed by atoms with Crippen LogP contribution in [0.1, 0.15) is 11.7 Å². The van der Waals surface area contributed by atoms with Crippen LogP contribution in [0.5, 0.6) is 0 Å². The van der Waals surface area contributed by atoms with E-state index in [4.69, 9.17) is 0 Å². The highest BCUT2D eigenvalue weighted by atomic mass is 79.9. The number of carbonyl (C=O) groups is 1. The molecule has 2 aromatic rings. The molecule has 1 atom stereocenters. The number of rotatable bonds is 3. The van der Waals surface area contributed by atoms with Gasteiger partial charge in [0.1, 0.15) is 11.1 Å². The number of sulfonamides is 1. The summed E-state index contributed by atoms with van der Waals surface area (Å²) in [5, 5.41) is 0. The number of pyridine rings is 1. The molecule has 1 aliphatic rings. The van der Waals surface area contributed by atoms with Gasteiger partial charge in [0.05, 0.1) is 6.54 Å². The maximum absolute atomic E-state index is 12.9. The van der Waals surface area contributed by atoms with E-state index in [-0.39, 0.29) is 17.3 Å². The Labute approximate surface area is 142 Å². The highest BCUT2D eigenvalue weighted by Gasteiger charge is 2.43. The molecule has 1 fully saturated rings. The van der Waals surface area contributed by atoms with Crippen molar-refractivity contribution in [2.75, 3.05) is 13.6 Å².